The van der Waals surface area contributed by atoms with Crippen LogP contribution in [0.5, 0.6) is 0 Å². The highest BCUT2D eigenvalue weighted by Crippen LogP contribution is 2.16. The zero-order valence-corrected chi connectivity index (χ0v) is 54.2. The normalized spacial score (nSPS) is 13.0. The van der Waals surface area contributed by atoms with Crippen molar-refractivity contribution in [2.75, 3.05) is 13.2 Å². The third-order valence-corrected chi connectivity index (χ3v) is 14.7. The van der Waals surface area contributed by atoms with E-state index >= 15 is 0 Å². The molecule has 0 fully saturated rings. The number of esters is 3. The van der Waals surface area contributed by atoms with Crippen molar-refractivity contribution in [1.82, 2.24) is 0 Å². The molecule has 0 aliphatic rings. The average molecular weight is 1150 g/mol. The summed E-state index contributed by atoms with van der Waals surface area (Å²) >= 11 is 0. The van der Waals surface area contributed by atoms with Gasteiger partial charge in [-0.3, -0.25) is 14.4 Å². The summed E-state index contributed by atoms with van der Waals surface area (Å²) in [5.74, 6) is -0.885. The van der Waals surface area contributed by atoms with Crippen molar-refractivity contribution in [2.45, 2.75) is 322 Å². The van der Waals surface area contributed by atoms with Crippen molar-refractivity contribution >= 4 is 17.9 Å². The summed E-state index contributed by atoms with van der Waals surface area (Å²) in [5.41, 5.74) is 0. The van der Waals surface area contributed by atoms with Crippen LogP contribution >= 0.6 is 0 Å². The topological polar surface area (TPSA) is 78.9 Å². The Labute approximate surface area is 513 Å². The summed E-state index contributed by atoms with van der Waals surface area (Å²) in [4.78, 5) is 38.3. The van der Waals surface area contributed by atoms with Crippen LogP contribution in [0.15, 0.2) is 134 Å². The van der Waals surface area contributed by atoms with Crippen LogP contribution in [-0.2, 0) is 28.6 Å². The minimum absolute atomic E-state index is 0.0807. The van der Waals surface area contributed by atoms with E-state index in [2.05, 4.69) is 154 Å². The molecule has 0 heterocycles. The molecule has 0 aliphatic heterocycles. The molecular formula is C77H128O6. The van der Waals surface area contributed by atoms with Crippen LogP contribution in [0.1, 0.15) is 316 Å². The molecule has 83 heavy (non-hydrogen) atoms. The number of hydrogen-bond acceptors (Lipinski definition) is 6. The van der Waals surface area contributed by atoms with Gasteiger partial charge < -0.3 is 14.2 Å². The summed E-state index contributed by atoms with van der Waals surface area (Å²) in [6.07, 6.45) is 99.1. The predicted molar refractivity (Wildman–Crippen MR) is 362 cm³/mol. The average Bonchev–Trinajstić information content (AvgIpc) is 3.49. The largest absolute Gasteiger partial charge is 0.462 e. The highest BCUT2D eigenvalue weighted by atomic mass is 16.6. The minimum Gasteiger partial charge on any atom is -0.462 e. The van der Waals surface area contributed by atoms with Crippen molar-refractivity contribution in [3.63, 3.8) is 0 Å². The zero-order chi connectivity index (χ0) is 59.9. The molecule has 1 atom stereocenters. The summed E-state index contributed by atoms with van der Waals surface area (Å²) < 4.78 is 16.9. The van der Waals surface area contributed by atoms with E-state index in [1.54, 1.807) is 0 Å². The van der Waals surface area contributed by atoms with Crippen molar-refractivity contribution in [3.8, 4) is 0 Å². The van der Waals surface area contributed by atoms with Crippen LogP contribution in [0.2, 0.25) is 0 Å². The molecule has 0 spiro atoms. The molecular weight excluding hydrogens is 1020 g/mol. The van der Waals surface area contributed by atoms with Crippen LogP contribution in [-0.4, -0.2) is 37.2 Å². The van der Waals surface area contributed by atoms with Gasteiger partial charge in [-0.2, -0.15) is 0 Å². The highest BCUT2D eigenvalue weighted by molar-refractivity contribution is 5.71. The van der Waals surface area contributed by atoms with Gasteiger partial charge in [-0.05, 0) is 116 Å². The molecule has 0 amide bonds. The van der Waals surface area contributed by atoms with Crippen molar-refractivity contribution in [3.05, 3.63) is 134 Å². The Morgan fingerprint density at radius 2 is 0.470 bits per heavy atom. The maximum absolute atomic E-state index is 12.9. The number of unbranched alkanes of at least 4 members (excludes halogenated alkanes) is 29. The van der Waals surface area contributed by atoms with Gasteiger partial charge in [0.1, 0.15) is 13.2 Å². The van der Waals surface area contributed by atoms with Crippen molar-refractivity contribution in [1.29, 1.82) is 0 Å². The quantitative estimate of drug-likeness (QED) is 0.0261. The van der Waals surface area contributed by atoms with E-state index in [-0.39, 0.29) is 31.1 Å². The van der Waals surface area contributed by atoms with E-state index in [9.17, 15) is 14.4 Å². The number of allylic oxidation sites excluding steroid dienone is 22. The molecule has 0 N–H and O–H groups in total. The Morgan fingerprint density at radius 1 is 0.253 bits per heavy atom. The number of carbonyl (C=O) groups is 3. The molecule has 6 nitrogen and oxygen atoms in total. The summed E-state index contributed by atoms with van der Waals surface area (Å²) in [7, 11) is 0. The van der Waals surface area contributed by atoms with E-state index in [0.717, 1.165) is 135 Å². The van der Waals surface area contributed by atoms with Crippen molar-refractivity contribution < 1.29 is 28.6 Å². The molecule has 0 aliphatic carbocycles. The molecule has 0 bridgehead atoms. The van der Waals surface area contributed by atoms with Crippen LogP contribution in [0.25, 0.3) is 0 Å². The third-order valence-electron chi connectivity index (χ3n) is 14.7. The number of hydrogen-bond donors (Lipinski definition) is 0. The summed E-state index contributed by atoms with van der Waals surface area (Å²) in [6.45, 7) is 6.40. The molecule has 0 saturated heterocycles. The van der Waals surface area contributed by atoms with Crippen LogP contribution < -0.4 is 0 Å². The fourth-order valence-corrected chi connectivity index (χ4v) is 9.53. The van der Waals surface area contributed by atoms with Gasteiger partial charge in [-0.1, -0.05) is 315 Å². The van der Waals surface area contributed by atoms with Gasteiger partial charge in [0.25, 0.3) is 0 Å². The first-order valence-electron chi connectivity index (χ1n) is 34.7. The smallest absolute Gasteiger partial charge is 0.306 e. The van der Waals surface area contributed by atoms with Gasteiger partial charge >= 0.3 is 17.9 Å². The number of rotatable bonds is 62. The van der Waals surface area contributed by atoms with E-state index in [1.165, 1.54) is 141 Å². The standard InChI is InChI=1S/C77H128O6/c1-4-7-10-13-16-19-21-23-25-27-29-31-32-33-34-35-36-37-38-39-40-41-42-43-44-46-47-49-51-53-55-58-61-64-67-70-76(79)82-73-74(72-81-75(78)69-66-63-60-57-18-15-12-9-6-3)83-77(80)71-68-65-62-59-56-54-52-50-48-45-30-28-26-24-22-20-17-14-11-8-5-2/h7-8,10-11,16-17,19-20,23-26,29-31,33-34,36-37,39-40,45,74H,4-6,9,12-15,18,21-22,27-28,32,35,38,41-44,46-73H2,1-3H3/b10-7-,11-8-,19-16-,20-17-,25-23-,26-24-,31-29-,34-33-,37-36-,40-39-,45-30-. The third kappa shape index (κ3) is 68.2. The molecule has 1 unspecified atom stereocenters. The second-order valence-corrected chi connectivity index (χ2v) is 22.7. The Hall–Kier alpha value is -4.45. The maximum atomic E-state index is 12.9. The second-order valence-electron chi connectivity index (χ2n) is 22.7. The Bertz CT molecular complexity index is 1750. The lowest BCUT2D eigenvalue weighted by molar-refractivity contribution is -0.167. The summed E-state index contributed by atoms with van der Waals surface area (Å²) in [5, 5.41) is 0. The van der Waals surface area contributed by atoms with E-state index in [1.807, 2.05) is 0 Å². The predicted octanol–water partition coefficient (Wildman–Crippen LogP) is 24.1. The van der Waals surface area contributed by atoms with Crippen LogP contribution in [0, 0.1) is 0 Å². The molecule has 0 aromatic rings. The van der Waals surface area contributed by atoms with Gasteiger partial charge in [-0.15, -0.1) is 0 Å². The monoisotopic (exact) mass is 1150 g/mol. The Balaban J connectivity index is 4.15. The van der Waals surface area contributed by atoms with Gasteiger partial charge in [0.15, 0.2) is 6.10 Å². The van der Waals surface area contributed by atoms with Gasteiger partial charge in [-0.25, -0.2) is 0 Å². The summed E-state index contributed by atoms with van der Waals surface area (Å²) in [6, 6.07) is 0. The highest BCUT2D eigenvalue weighted by Gasteiger charge is 2.19. The van der Waals surface area contributed by atoms with Gasteiger partial charge in [0.2, 0.25) is 0 Å². The SMILES string of the molecule is CC/C=C\C/C=C\C/C=C\C/C=C\C/C=C\C/C=C\C/C=C\CCCCCCCCCCCCCCCC(=O)OCC(COC(=O)CCCCCCCCCCC)OC(=O)CCCCCCCCCC/C=C\C/C=C\C/C=C\C/C=C\CC. The molecule has 0 rings (SSSR count). The molecule has 0 radical (unpaired) electrons. The fraction of sp³-hybridized carbons (Fsp3) is 0.675. The van der Waals surface area contributed by atoms with Gasteiger partial charge in [0, 0.05) is 19.3 Å². The first-order chi connectivity index (χ1) is 41.0. The number of carbonyl (C=O) groups excluding carboxylic acids is 3. The molecule has 0 saturated carbocycles. The zero-order valence-electron chi connectivity index (χ0n) is 54.2. The lowest BCUT2D eigenvalue weighted by Crippen LogP contribution is -2.30. The van der Waals surface area contributed by atoms with Crippen LogP contribution in [0.4, 0.5) is 0 Å². The minimum atomic E-state index is -0.784. The molecule has 0 aromatic heterocycles. The van der Waals surface area contributed by atoms with E-state index in [4.69, 9.17) is 14.2 Å². The van der Waals surface area contributed by atoms with Gasteiger partial charge in [0.05, 0.1) is 0 Å². The first kappa shape index (κ1) is 78.5. The molecule has 6 heteroatoms. The lowest BCUT2D eigenvalue weighted by Gasteiger charge is -2.18. The molecule has 472 valence electrons. The van der Waals surface area contributed by atoms with E-state index in [0.29, 0.717) is 19.3 Å². The second kappa shape index (κ2) is 70.0. The molecule has 0 aromatic carbocycles. The Morgan fingerprint density at radius 3 is 0.735 bits per heavy atom. The lowest BCUT2D eigenvalue weighted by atomic mass is 10.0. The number of ether oxygens (including phenoxy) is 3. The van der Waals surface area contributed by atoms with Crippen LogP contribution in [0.3, 0.4) is 0 Å². The van der Waals surface area contributed by atoms with E-state index < -0.39 is 6.10 Å². The first-order valence-corrected chi connectivity index (χ1v) is 34.7. The fourth-order valence-electron chi connectivity index (χ4n) is 9.53. The Kier molecular flexibility index (Phi) is 66.3. The van der Waals surface area contributed by atoms with Crippen molar-refractivity contribution in [2.24, 2.45) is 0 Å². The maximum Gasteiger partial charge on any atom is 0.306 e.